The zero-order chi connectivity index (χ0) is 20.9. The Balaban J connectivity index is 1.30. The van der Waals surface area contributed by atoms with Crippen molar-refractivity contribution in [3.8, 4) is 5.75 Å². The van der Waals surface area contributed by atoms with E-state index in [1.54, 1.807) is 24.0 Å². The molecule has 3 heterocycles. The first-order valence-electron chi connectivity index (χ1n) is 10.2. The van der Waals surface area contributed by atoms with Crippen LogP contribution in [0, 0.1) is 5.82 Å². The molecule has 0 N–H and O–H groups in total. The average Bonchev–Trinajstić information content (AvgIpc) is 2.81. The van der Waals surface area contributed by atoms with Gasteiger partial charge in [0.05, 0.1) is 13.2 Å². The summed E-state index contributed by atoms with van der Waals surface area (Å²) in [6, 6.07) is 10.1. The molecule has 4 rings (SSSR count). The third-order valence-corrected chi connectivity index (χ3v) is 5.37. The van der Waals surface area contributed by atoms with Gasteiger partial charge < -0.3 is 24.2 Å². The topological polar surface area (TPSA) is 71.0 Å². The Hall–Kier alpha value is -2.94. The van der Waals surface area contributed by atoms with E-state index in [1.165, 1.54) is 12.1 Å². The highest BCUT2D eigenvalue weighted by Gasteiger charge is 2.27. The second-order valence-corrected chi connectivity index (χ2v) is 7.35. The van der Waals surface area contributed by atoms with Crippen molar-refractivity contribution >= 4 is 17.5 Å². The van der Waals surface area contributed by atoms with Crippen LogP contribution in [0.5, 0.6) is 5.75 Å². The van der Waals surface area contributed by atoms with Crippen molar-refractivity contribution < 1.29 is 18.7 Å². The van der Waals surface area contributed by atoms with E-state index in [-0.39, 0.29) is 11.7 Å². The molecule has 2 aliphatic heterocycles. The number of morpholine rings is 1. The van der Waals surface area contributed by atoms with Crippen LogP contribution < -0.4 is 14.5 Å². The van der Waals surface area contributed by atoms with E-state index < -0.39 is 11.9 Å². The van der Waals surface area contributed by atoms with Crippen LogP contribution in [0.1, 0.15) is 6.92 Å². The summed E-state index contributed by atoms with van der Waals surface area (Å²) >= 11 is 0. The van der Waals surface area contributed by atoms with Gasteiger partial charge in [-0.25, -0.2) is 4.39 Å². The molecule has 1 unspecified atom stereocenters. The van der Waals surface area contributed by atoms with E-state index in [0.717, 1.165) is 24.7 Å². The zero-order valence-corrected chi connectivity index (χ0v) is 17.0. The van der Waals surface area contributed by atoms with Gasteiger partial charge in [-0.3, -0.25) is 4.79 Å². The molecule has 2 fully saturated rings. The maximum atomic E-state index is 13.8. The highest BCUT2D eigenvalue weighted by molar-refractivity contribution is 5.81. The number of hydrogen-bond acceptors (Lipinski definition) is 7. The van der Waals surface area contributed by atoms with Crippen LogP contribution in [0.4, 0.5) is 16.0 Å². The lowest BCUT2D eigenvalue weighted by atomic mass is 10.2. The van der Waals surface area contributed by atoms with Crippen LogP contribution in [0.2, 0.25) is 0 Å². The number of piperazine rings is 1. The second kappa shape index (κ2) is 9.25. The summed E-state index contributed by atoms with van der Waals surface area (Å²) in [6.45, 7) is 7.12. The number of nitrogens with zero attached hydrogens (tertiary/aromatic N) is 5. The van der Waals surface area contributed by atoms with Gasteiger partial charge in [-0.1, -0.05) is 12.1 Å². The summed E-state index contributed by atoms with van der Waals surface area (Å²) in [4.78, 5) is 18.7. The standard InChI is InChI=1S/C21H26FN5O3/c1-16(30-18-5-3-2-4-17(18)22)21(28)27-10-8-25(9-11-27)19-6-7-20(24-23-19)26-12-14-29-15-13-26/h2-7,16H,8-15H2,1H3. The maximum absolute atomic E-state index is 13.8. The van der Waals surface area contributed by atoms with Crippen molar-refractivity contribution in [3.63, 3.8) is 0 Å². The fraction of sp³-hybridized carbons (Fsp3) is 0.476. The lowest BCUT2D eigenvalue weighted by Gasteiger charge is -2.36. The molecule has 9 heteroatoms. The molecule has 2 aromatic rings. The fourth-order valence-corrected chi connectivity index (χ4v) is 3.64. The molecule has 2 saturated heterocycles. The molecule has 0 bridgehead atoms. The minimum Gasteiger partial charge on any atom is -0.478 e. The molecule has 30 heavy (non-hydrogen) atoms. The van der Waals surface area contributed by atoms with Gasteiger partial charge in [0.25, 0.3) is 5.91 Å². The Morgan fingerprint density at radius 2 is 1.57 bits per heavy atom. The molecular weight excluding hydrogens is 389 g/mol. The van der Waals surface area contributed by atoms with Gasteiger partial charge >= 0.3 is 0 Å². The van der Waals surface area contributed by atoms with Crippen LogP contribution in [0.25, 0.3) is 0 Å². The average molecular weight is 415 g/mol. The molecular formula is C21H26FN5O3. The second-order valence-electron chi connectivity index (χ2n) is 7.35. The Kier molecular flexibility index (Phi) is 6.27. The van der Waals surface area contributed by atoms with Crippen LogP contribution in [0.15, 0.2) is 36.4 Å². The largest absolute Gasteiger partial charge is 0.478 e. The summed E-state index contributed by atoms with van der Waals surface area (Å²) in [6.07, 6.45) is -0.749. The predicted octanol–water partition coefficient (Wildman–Crippen LogP) is 1.57. The van der Waals surface area contributed by atoms with E-state index in [9.17, 15) is 9.18 Å². The molecule has 1 aromatic heterocycles. The van der Waals surface area contributed by atoms with E-state index >= 15 is 0 Å². The number of rotatable bonds is 5. The summed E-state index contributed by atoms with van der Waals surface area (Å²) in [5.41, 5.74) is 0. The van der Waals surface area contributed by atoms with Gasteiger partial charge in [0.2, 0.25) is 0 Å². The normalized spacial score (nSPS) is 18.3. The minimum atomic E-state index is -0.749. The van der Waals surface area contributed by atoms with Gasteiger partial charge in [-0.15, -0.1) is 10.2 Å². The highest BCUT2D eigenvalue weighted by Crippen LogP contribution is 2.20. The number of amides is 1. The molecule has 160 valence electrons. The van der Waals surface area contributed by atoms with Crippen LogP contribution in [-0.2, 0) is 9.53 Å². The van der Waals surface area contributed by atoms with Crippen molar-refractivity contribution in [2.75, 3.05) is 62.3 Å². The number of hydrogen-bond donors (Lipinski definition) is 0. The Morgan fingerprint density at radius 3 is 2.17 bits per heavy atom. The summed E-state index contributed by atoms with van der Waals surface area (Å²) in [5, 5.41) is 8.73. The maximum Gasteiger partial charge on any atom is 0.263 e. The van der Waals surface area contributed by atoms with E-state index in [0.29, 0.717) is 39.4 Å². The first-order chi connectivity index (χ1) is 14.6. The molecule has 0 radical (unpaired) electrons. The number of carbonyl (C=O) groups is 1. The van der Waals surface area contributed by atoms with E-state index in [1.807, 2.05) is 12.1 Å². The molecule has 0 saturated carbocycles. The molecule has 2 aliphatic rings. The third-order valence-electron chi connectivity index (χ3n) is 5.37. The van der Waals surface area contributed by atoms with Gasteiger partial charge in [0, 0.05) is 39.3 Å². The molecule has 1 atom stereocenters. The van der Waals surface area contributed by atoms with Crippen molar-refractivity contribution in [2.24, 2.45) is 0 Å². The Bertz CT molecular complexity index is 852. The monoisotopic (exact) mass is 415 g/mol. The first-order valence-corrected chi connectivity index (χ1v) is 10.2. The number of para-hydroxylation sites is 1. The number of halogens is 1. The van der Waals surface area contributed by atoms with Gasteiger partial charge in [0.1, 0.15) is 0 Å². The number of carbonyl (C=O) groups excluding carboxylic acids is 1. The molecule has 1 aromatic carbocycles. The van der Waals surface area contributed by atoms with Crippen molar-refractivity contribution in [2.45, 2.75) is 13.0 Å². The van der Waals surface area contributed by atoms with Crippen LogP contribution >= 0.6 is 0 Å². The van der Waals surface area contributed by atoms with Crippen LogP contribution in [-0.4, -0.2) is 79.6 Å². The van der Waals surface area contributed by atoms with E-state index in [4.69, 9.17) is 9.47 Å². The van der Waals surface area contributed by atoms with E-state index in [2.05, 4.69) is 20.0 Å². The van der Waals surface area contributed by atoms with Crippen molar-refractivity contribution in [3.05, 3.63) is 42.2 Å². The smallest absolute Gasteiger partial charge is 0.263 e. The van der Waals surface area contributed by atoms with Crippen molar-refractivity contribution in [1.29, 1.82) is 0 Å². The van der Waals surface area contributed by atoms with Gasteiger partial charge in [-0.2, -0.15) is 0 Å². The third kappa shape index (κ3) is 4.62. The predicted molar refractivity (Wildman–Crippen MR) is 110 cm³/mol. The first kappa shape index (κ1) is 20.3. The fourth-order valence-electron chi connectivity index (χ4n) is 3.64. The number of benzene rings is 1. The zero-order valence-electron chi connectivity index (χ0n) is 17.0. The van der Waals surface area contributed by atoms with Gasteiger partial charge in [0.15, 0.2) is 29.3 Å². The summed E-state index contributed by atoms with van der Waals surface area (Å²) in [7, 11) is 0. The van der Waals surface area contributed by atoms with Crippen molar-refractivity contribution in [1.82, 2.24) is 15.1 Å². The Morgan fingerprint density at radius 1 is 0.967 bits per heavy atom. The number of anilines is 2. The Labute approximate surface area is 175 Å². The molecule has 8 nitrogen and oxygen atoms in total. The molecule has 0 aliphatic carbocycles. The lowest BCUT2D eigenvalue weighted by Crippen LogP contribution is -2.52. The molecule has 0 spiro atoms. The molecule has 1 amide bonds. The summed E-state index contributed by atoms with van der Waals surface area (Å²) in [5.74, 6) is 1.13. The number of aromatic nitrogens is 2. The lowest BCUT2D eigenvalue weighted by molar-refractivity contribution is -0.138. The van der Waals surface area contributed by atoms with Crippen LogP contribution in [0.3, 0.4) is 0 Å². The number of ether oxygens (including phenoxy) is 2. The highest BCUT2D eigenvalue weighted by atomic mass is 19.1. The quantitative estimate of drug-likeness (QED) is 0.734. The SMILES string of the molecule is CC(Oc1ccccc1F)C(=O)N1CCN(c2ccc(N3CCOCC3)nn2)CC1. The van der Waals surface area contributed by atoms with Gasteiger partial charge in [-0.05, 0) is 31.2 Å². The minimum absolute atomic E-state index is 0.0904. The summed E-state index contributed by atoms with van der Waals surface area (Å²) < 4.78 is 24.7.